The molecule has 1 rings (SSSR count). The number of halogens is 1. The minimum absolute atomic E-state index is 0.408. The largest absolute Gasteiger partial charge is 0.444 e. The van der Waals surface area contributed by atoms with Gasteiger partial charge >= 0.3 is 6.09 Å². The maximum atomic E-state index is 11.3. The van der Waals surface area contributed by atoms with Gasteiger partial charge in [0.25, 0.3) is 0 Å². The summed E-state index contributed by atoms with van der Waals surface area (Å²) in [6.45, 7) is 5.93. The first-order chi connectivity index (χ1) is 7.87. The van der Waals surface area contributed by atoms with Crippen LogP contribution in [-0.4, -0.2) is 23.2 Å². The predicted octanol–water partition coefficient (Wildman–Crippen LogP) is 3.32. The summed E-state index contributed by atoms with van der Waals surface area (Å²) in [4.78, 5) is 14.3. The van der Waals surface area contributed by atoms with Gasteiger partial charge in [0.2, 0.25) is 0 Å². The summed E-state index contributed by atoms with van der Waals surface area (Å²) in [6.07, 6.45) is 5.18. The SMILES string of the molecule is CC(C)(C)OC(=O)NCC=Cc1cc(Br)c[nH]1. The van der Waals surface area contributed by atoms with E-state index in [1.54, 1.807) is 0 Å². The summed E-state index contributed by atoms with van der Waals surface area (Å²) < 4.78 is 6.09. The Hall–Kier alpha value is -1.23. The van der Waals surface area contributed by atoms with Crippen molar-refractivity contribution in [3.05, 3.63) is 28.5 Å². The molecule has 0 saturated heterocycles. The number of carbonyl (C=O) groups is 1. The van der Waals surface area contributed by atoms with Gasteiger partial charge in [0.1, 0.15) is 5.60 Å². The molecule has 0 atom stereocenters. The quantitative estimate of drug-likeness (QED) is 0.900. The maximum absolute atomic E-state index is 11.3. The second kappa shape index (κ2) is 5.91. The number of aromatic nitrogens is 1. The van der Waals surface area contributed by atoms with Crippen molar-refractivity contribution in [3.63, 3.8) is 0 Å². The zero-order valence-corrected chi connectivity index (χ0v) is 11.8. The van der Waals surface area contributed by atoms with Crippen LogP contribution in [0.4, 0.5) is 4.79 Å². The number of rotatable bonds is 3. The van der Waals surface area contributed by atoms with Crippen molar-refractivity contribution in [3.8, 4) is 0 Å². The molecule has 0 aliphatic carbocycles. The topological polar surface area (TPSA) is 54.1 Å². The summed E-state index contributed by atoms with van der Waals surface area (Å²) in [5.74, 6) is 0. The van der Waals surface area contributed by atoms with Gasteiger partial charge in [-0.25, -0.2) is 4.79 Å². The molecule has 0 aliphatic rings. The van der Waals surface area contributed by atoms with Gasteiger partial charge in [-0.1, -0.05) is 6.08 Å². The highest BCUT2D eigenvalue weighted by molar-refractivity contribution is 9.10. The number of aromatic amines is 1. The van der Waals surface area contributed by atoms with E-state index in [9.17, 15) is 4.79 Å². The molecule has 0 fully saturated rings. The first-order valence-corrected chi connectivity index (χ1v) is 6.13. The molecule has 94 valence electrons. The van der Waals surface area contributed by atoms with E-state index >= 15 is 0 Å². The van der Waals surface area contributed by atoms with Crippen LogP contribution in [0.15, 0.2) is 22.8 Å². The van der Waals surface area contributed by atoms with Crippen LogP contribution in [-0.2, 0) is 4.74 Å². The van der Waals surface area contributed by atoms with Crippen LogP contribution in [0.5, 0.6) is 0 Å². The van der Waals surface area contributed by atoms with Gasteiger partial charge in [-0.05, 0) is 48.8 Å². The fourth-order valence-electron chi connectivity index (χ4n) is 1.12. The summed E-state index contributed by atoms with van der Waals surface area (Å²) >= 11 is 3.34. The van der Waals surface area contributed by atoms with Gasteiger partial charge in [0.05, 0.1) is 0 Å². The third-order valence-corrected chi connectivity index (χ3v) is 2.19. The number of amides is 1. The van der Waals surface area contributed by atoms with Crippen LogP contribution in [0.1, 0.15) is 26.5 Å². The van der Waals surface area contributed by atoms with Gasteiger partial charge < -0.3 is 15.0 Å². The van der Waals surface area contributed by atoms with E-state index in [1.165, 1.54) is 0 Å². The standard InChI is InChI=1S/C12H17BrN2O2/c1-12(2,3)17-11(16)14-6-4-5-10-7-9(13)8-15-10/h4-5,7-8,15H,6H2,1-3H3,(H,14,16). The molecule has 5 heteroatoms. The zero-order chi connectivity index (χ0) is 12.9. The Labute approximate surface area is 110 Å². The Morgan fingerprint density at radius 2 is 2.29 bits per heavy atom. The second-order valence-electron chi connectivity index (χ2n) is 4.56. The molecule has 1 aromatic rings. The molecule has 0 unspecified atom stereocenters. The van der Waals surface area contributed by atoms with Crippen LogP contribution in [0, 0.1) is 0 Å². The summed E-state index contributed by atoms with van der Waals surface area (Å²) in [5.41, 5.74) is 0.515. The van der Waals surface area contributed by atoms with Crippen molar-refractivity contribution in [2.75, 3.05) is 6.54 Å². The van der Waals surface area contributed by atoms with Crippen LogP contribution in [0.25, 0.3) is 6.08 Å². The minimum Gasteiger partial charge on any atom is -0.444 e. The van der Waals surface area contributed by atoms with E-state index in [0.717, 1.165) is 10.2 Å². The second-order valence-corrected chi connectivity index (χ2v) is 5.47. The Morgan fingerprint density at radius 1 is 1.59 bits per heavy atom. The lowest BCUT2D eigenvalue weighted by Gasteiger charge is -2.19. The van der Waals surface area contributed by atoms with E-state index in [4.69, 9.17) is 4.74 Å². The molecule has 0 aromatic carbocycles. The number of ether oxygens (including phenoxy) is 1. The lowest BCUT2D eigenvalue weighted by Crippen LogP contribution is -2.32. The number of H-pyrrole nitrogens is 1. The molecule has 1 aromatic heterocycles. The number of hydrogen-bond acceptors (Lipinski definition) is 2. The van der Waals surface area contributed by atoms with E-state index in [2.05, 4.69) is 26.2 Å². The molecule has 0 spiro atoms. The number of alkyl carbamates (subject to hydrolysis) is 1. The highest BCUT2D eigenvalue weighted by atomic mass is 79.9. The summed E-state index contributed by atoms with van der Waals surface area (Å²) in [5, 5.41) is 2.64. The highest BCUT2D eigenvalue weighted by Gasteiger charge is 2.14. The minimum atomic E-state index is -0.460. The first kappa shape index (κ1) is 13.8. The van der Waals surface area contributed by atoms with Crippen LogP contribution >= 0.6 is 15.9 Å². The molecule has 0 radical (unpaired) electrons. The fourth-order valence-corrected chi connectivity index (χ4v) is 1.48. The van der Waals surface area contributed by atoms with Crippen LogP contribution < -0.4 is 5.32 Å². The van der Waals surface area contributed by atoms with E-state index < -0.39 is 11.7 Å². The Balaban J connectivity index is 2.28. The molecular weight excluding hydrogens is 284 g/mol. The molecule has 0 aliphatic heterocycles. The Bertz CT molecular complexity index is 405. The monoisotopic (exact) mass is 300 g/mol. The highest BCUT2D eigenvalue weighted by Crippen LogP contribution is 2.11. The molecule has 4 nitrogen and oxygen atoms in total. The van der Waals surface area contributed by atoms with Gasteiger partial charge in [0.15, 0.2) is 0 Å². The van der Waals surface area contributed by atoms with Crippen molar-refractivity contribution in [1.82, 2.24) is 10.3 Å². The number of nitrogens with one attached hydrogen (secondary N) is 2. The van der Waals surface area contributed by atoms with Crippen LogP contribution in [0.3, 0.4) is 0 Å². The van der Waals surface area contributed by atoms with Crippen molar-refractivity contribution >= 4 is 28.1 Å². The molecule has 1 amide bonds. The normalized spacial score (nSPS) is 11.8. The molecule has 17 heavy (non-hydrogen) atoms. The van der Waals surface area contributed by atoms with Crippen LogP contribution in [0.2, 0.25) is 0 Å². The lowest BCUT2D eigenvalue weighted by atomic mass is 10.2. The van der Waals surface area contributed by atoms with E-state index in [-0.39, 0.29) is 0 Å². The third kappa shape index (κ3) is 6.16. The zero-order valence-electron chi connectivity index (χ0n) is 10.2. The maximum Gasteiger partial charge on any atom is 0.407 e. The van der Waals surface area contributed by atoms with Gasteiger partial charge in [0, 0.05) is 22.9 Å². The molecule has 1 heterocycles. The lowest BCUT2D eigenvalue weighted by molar-refractivity contribution is 0.0534. The summed E-state index contributed by atoms with van der Waals surface area (Å²) in [6, 6.07) is 1.95. The summed E-state index contributed by atoms with van der Waals surface area (Å²) in [7, 11) is 0. The van der Waals surface area contributed by atoms with E-state index in [0.29, 0.717) is 6.54 Å². The number of carbonyl (C=O) groups excluding carboxylic acids is 1. The van der Waals surface area contributed by atoms with Crippen molar-refractivity contribution in [2.45, 2.75) is 26.4 Å². The first-order valence-electron chi connectivity index (χ1n) is 5.34. The smallest absolute Gasteiger partial charge is 0.407 e. The Kier molecular flexibility index (Phi) is 4.81. The average Bonchev–Trinajstić information content (AvgIpc) is 2.56. The van der Waals surface area contributed by atoms with Crippen molar-refractivity contribution < 1.29 is 9.53 Å². The Morgan fingerprint density at radius 3 is 2.82 bits per heavy atom. The van der Waals surface area contributed by atoms with Gasteiger partial charge in [-0.2, -0.15) is 0 Å². The average molecular weight is 301 g/mol. The fraction of sp³-hybridized carbons (Fsp3) is 0.417. The third-order valence-electron chi connectivity index (χ3n) is 1.73. The van der Waals surface area contributed by atoms with E-state index in [1.807, 2.05) is 45.2 Å². The van der Waals surface area contributed by atoms with Crippen molar-refractivity contribution in [1.29, 1.82) is 0 Å². The van der Waals surface area contributed by atoms with Gasteiger partial charge in [-0.3, -0.25) is 0 Å². The predicted molar refractivity (Wildman–Crippen MR) is 71.8 cm³/mol. The molecular formula is C12H17BrN2O2. The molecule has 2 N–H and O–H groups in total. The number of hydrogen-bond donors (Lipinski definition) is 2. The molecule has 0 bridgehead atoms. The van der Waals surface area contributed by atoms with Crippen molar-refractivity contribution in [2.24, 2.45) is 0 Å². The molecule has 0 saturated carbocycles. The van der Waals surface area contributed by atoms with Gasteiger partial charge in [-0.15, -0.1) is 0 Å².